The first kappa shape index (κ1) is 28.5. The summed E-state index contributed by atoms with van der Waals surface area (Å²) in [5, 5.41) is 20.0. The van der Waals surface area contributed by atoms with Crippen molar-refractivity contribution in [1.82, 2.24) is 14.0 Å². The second-order valence-corrected chi connectivity index (χ2v) is 10.8. The Morgan fingerprint density at radius 2 is 1.57 bits per heavy atom. The number of β-amino-alcohol motifs (C(OH)–C–C–N with tert-alkyl or cyclic N) is 1. The molecule has 1 saturated heterocycles. The summed E-state index contributed by atoms with van der Waals surface area (Å²) in [5.74, 6) is 1.33. The van der Waals surface area contributed by atoms with Crippen molar-refractivity contribution in [3.05, 3.63) is 56.2 Å². The van der Waals surface area contributed by atoms with Gasteiger partial charge in [-0.25, -0.2) is 4.79 Å². The largest absolute Gasteiger partial charge is 0.485 e. The minimum Gasteiger partial charge on any atom is -0.485 e. The summed E-state index contributed by atoms with van der Waals surface area (Å²) in [6, 6.07) is 8.65. The summed E-state index contributed by atoms with van der Waals surface area (Å²) < 4.78 is 9.18. The molecule has 0 spiro atoms. The number of hydrogen-bond acceptors (Lipinski definition) is 7. The van der Waals surface area contributed by atoms with Gasteiger partial charge in [0.15, 0.2) is 0 Å². The number of piperazine rings is 1. The Bertz CT molecular complexity index is 1230. The Hall–Kier alpha value is -3.09. The number of aliphatic hydroxyl groups excluding tert-OH is 1. The molecule has 37 heavy (non-hydrogen) atoms. The van der Waals surface area contributed by atoms with Gasteiger partial charge in [0.05, 0.1) is 17.2 Å². The highest BCUT2D eigenvalue weighted by molar-refractivity contribution is 5.48. The zero-order valence-electron chi connectivity index (χ0n) is 23.2. The fourth-order valence-electron chi connectivity index (χ4n) is 4.83. The average molecular weight is 512 g/mol. The number of aromatic nitrogens is 2. The van der Waals surface area contributed by atoms with Gasteiger partial charge in [0, 0.05) is 44.8 Å². The van der Waals surface area contributed by atoms with Gasteiger partial charge in [-0.15, -0.1) is 0 Å². The minimum absolute atomic E-state index is 0.0848. The van der Waals surface area contributed by atoms with Gasteiger partial charge in [0.25, 0.3) is 5.56 Å². The lowest BCUT2D eigenvalue weighted by atomic mass is 10.0. The smallest absolute Gasteiger partial charge is 0.333 e. The maximum atomic E-state index is 13.3. The van der Waals surface area contributed by atoms with Crippen LogP contribution in [-0.2, 0) is 6.42 Å². The van der Waals surface area contributed by atoms with Crippen LogP contribution in [0.1, 0.15) is 71.7 Å². The topological polar surface area (TPSA) is 104 Å². The lowest BCUT2D eigenvalue weighted by Crippen LogP contribution is -2.55. The van der Waals surface area contributed by atoms with Gasteiger partial charge in [-0.2, -0.15) is 5.26 Å². The first-order chi connectivity index (χ1) is 17.4. The van der Waals surface area contributed by atoms with Crippen molar-refractivity contribution < 1.29 is 9.84 Å². The van der Waals surface area contributed by atoms with E-state index in [1.165, 1.54) is 4.57 Å². The van der Waals surface area contributed by atoms with Crippen LogP contribution in [0.5, 0.6) is 5.75 Å². The Labute approximate surface area is 219 Å². The maximum absolute atomic E-state index is 13.3. The van der Waals surface area contributed by atoms with Crippen LogP contribution in [0.2, 0.25) is 0 Å². The molecule has 0 saturated carbocycles. The van der Waals surface area contributed by atoms with E-state index in [9.17, 15) is 14.7 Å². The molecule has 1 N–H and O–H groups in total. The molecular formula is C28H41N5O4. The number of rotatable bonds is 9. The van der Waals surface area contributed by atoms with E-state index in [2.05, 4.69) is 15.9 Å². The van der Waals surface area contributed by atoms with Crippen molar-refractivity contribution in [3.8, 4) is 11.8 Å². The van der Waals surface area contributed by atoms with Crippen molar-refractivity contribution in [2.24, 2.45) is 0 Å². The predicted octanol–water partition coefficient (Wildman–Crippen LogP) is 2.95. The highest BCUT2D eigenvalue weighted by atomic mass is 16.5. The molecule has 1 aliphatic heterocycles. The molecule has 1 unspecified atom stereocenters. The molecule has 0 bridgehead atoms. The molecule has 1 aliphatic rings. The SMILES string of the molecule is CCc1c(N2CCN(CC(O)C(C)(C)Oc3ccc(C#N)cc3)CC2)n(C(C)C)c(=O)n(C(C)C)c1=O. The highest BCUT2D eigenvalue weighted by Gasteiger charge is 2.33. The third-order valence-electron chi connectivity index (χ3n) is 7.04. The summed E-state index contributed by atoms with van der Waals surface area (Å²) in [5.41, 5.74) is -0.0671. The van der Waals surface area contributed by atoms with Crippen molar-refractivity contribution in [3.63, 3.8) is 0 Å². The van der Waals surface area contributed by atoms with Crippen LogP contribution < -0.4 is 20.9 Å². The zero-order valence-corrected chi connectivity index (χ0v) is 23.2. The molecule has 9 nitrogen and oxygen atoms in total. The lowest BCUT2D eigenvalue weighted by Gasteiger charge is -2.41. The van der Waals surface area contributed by atoms with Crippen molar-refractivity contribution in [2.45, 2.75) is 78.7 Å². The summed E-state index contributed by atoms with van der Waals surface area (Å²) in [6.07, 6.45) is -0.196. The Kier molecular flexibility index (Phi) is 8.88. The van der Waals surface area contributed by atoms with E-state index in [0.29, 0.717) is 56.0 Å². The zero-order chi connectivity index (χ0) is 27.5. The van der Waals surface area contributed by atoms with Crippen molar-refractivity contribution in [2.75, 3.05) is 37.6 Å². The van der Waals surface area contributed by atoms with Crippen molar-refractivity contribution in [1.29, 1.82) is 5.26 Å². The monoisotopic (exact) mass is 511 g/mol. The van der Waals surface area contributed by atoms with E-state index < -0.39 is 11.7 Å². The van der Waals surface area contributed by atoms with Gasteiger partial charge >= 0.3 is 5.69 Å². The molecule has 1 aromatic heterocycles. The molecule has 1 fully saturated rings. The fraction of sp³-hybridized carbons (Fsp3) is 0.607. The second kappa shape index (κ2) is 11.5. The summed E-state index contributed by atoms with van der Waals surface area (Å²) in [6.45, 7) is 16.4. The molecule has 2 heterocycles. The van der Waals surface area contributed by atoms with Crippen LogP contribution in [-0.4, -0.2) is 63.6 Å². The van der Waals surface area contributed by atoms with E-state index in [4.69, 9.17) is 10.00 Å². The molecule has 0 radical (unpaired) electrons. The van der Waals surface area contributed by atoms with Crippen LogP contribution in [0.15, 0.2) is 33.9 Å². The van der Waals surface area contributed by atoms with Gasteiger partial charge in [-0.3, -0.25) is 18.8 Å². The summed E-state index contributed by atoms with van der Waals surface area (Å²) in [4.78, 5) is 30.9. The second-order valence-electron chi connectivity index (χ2n) is 10.8. The van der Waals surface area contributed by atoms with Gasteiger partial charge in [-0.05, 0) is 72.2 Å². The van der Waals surface area contributed by atoms with Gasteiger partial charge in [-0.1, -0.05) is 6.92 Å². The summed E-state index contributed by atoms with van der Waals surface area (Å²) in [7, 11) is 0. The van der Waals surface area contributed by atoms with E-state index in [1.807, 2.05) is 48.5 Å². The van der Waals surface area contributed by atoms with Gasteiger partial charge in [0.1, 0.15) is 23.3 Å². The number of aliphatic hydroxyl groups is 1. The van der Waals surface area contributed by atoms with Gasteiger partial charge < -0.3 is 14.7 Å². The molecule has 202 valence electrons. The van der Waals surface area contributed by atoms with Crippen LogP contribution in [0.3, 0.4) is 0 Å². The number of anilines is 1. The molecule has 2 aromatic rings. The maximum Gasteiger partial charge on any atom is 0.333 e. The summed E-state index contributed by atoms with van der Waals surface area (Å²) >= 11 is 0. The quantitative estimate of drug-likeness (QED) is 0.552. The van der Waals surface area contributed by atoms with Crippen LogP contribution in [0, 0.1) is 11.3 Å². The van der Waals surface area contributed by atoms with Gasteiger partial charge in [0.2, 0.25) is 0 Å². The molecule has 0 aliphatic carbocycles. The van der Waals surface area contributed by atoms with Crippen molar-refractivity contribution >= 4 is 5.82 Å². The van der Waals surface area contributed by atoms with E-state index >= 15 is 0 Å². The standard InChI is InChI=1S/C28H41N5O4/c1-8-23-25(32(19(2)3)27(36)33(20(4)5)26(23)35)31-15-13-30(14-16-31)18-24(34)28(6,7)37-22-11-9-21(17-29)10-12-22/h9-12,19-20,24,34H,8,13-16,18H2,1-7H3. The number of hydrogen-bond donors (Lipinski definition) is 1. The van der Waals surface area contributed by atoms with Crippen LogP contribution in [0.25, 0.3) is 0 Å². The number of nitrogens with zero attached hydrogens (tertiary/aromatic N) is 5. The molecule has 0 amide bonds. The third-order valence-corrected chi connectivity index (χ3v) is 7.04. The first-order valence-corrected chi connectivity index (χ1v) is 13.2. The molecule has 3 rings (SSSR count). The number of benzene rings is 1. The van der Waals surface area contributed by atoms with Crippen LogP contribution >= 0.6 is 0 Å². The normalized spacial score (nSPS) is 15.8. The fourth-order valence-corrected chi connectivity index (χ4v) is 4.83. The molecular weight excluding hydrogens is 470 g/mol. The lowest BCUT2D eigenvalue weighted by molar-refractivity contribution is -0.0449. The van der Waals surface area contributed by atoms with E-state index in [-0.39, 0.29) is 23.3 Å². The first-order valence-electron chi connectivity index (χ1n) is 13.2. The highest BCUT2D eigenvalue weighted by Crippen LogP contribution is 2.25. The minimum atomic E-state index is -0.833. The number of ether oxygens (including phenoxy) is 1. The van der Waals surface area contributed by atoms with E-state index in [1.54, 1.807) is 28.8 Å². The van der Waals surface area contributed by atoms with Crippen LogP contribution in [0.4, 0.5) is 5.82 Å². The molecule has 1 aromatic carbocycles. The predicted molar refractivity (Wildman–Crippen MR) is 146 cm³/mol. The Balaban J connectivity index is 1.75. The molecule has 1 atom stereocenters. The Morgan fingerprint density at radius 1 is 1.00 bits per heavy atom. The Morgan fingerprint density at radius 3 is 2.05 bits per heavy atom. The van der Waals surface area contributed by atoms with E-state index in [0.717, 1.165) is 5.82 Å². The third kappa shape index (κ3) is 6.08. The average Bonchev–Trinajstić information content (AvgIpc) is 2.84. The molecule has 9 heteroatoms. The number of nitriles is 1.